The van der Waals surface area contributed by atoms with E-state index in [1.807, 2.05) is 56.3 Å². The summed E-state index contributed by atoms with van der Waals surface area (Å²) in [5, 5.41) is 8.07. The number of anilines is 1. The molecule has 5 nitrogen and oxygen atoms in total. The van der Waals surface area contributed by atoms with Crippen LogP contribution >= 0.6 is 15.9 Å². The van der Waals surface area contributed by atoms with Gasteiger partial charge in [-0.2, -0.15) is 0 Å². The number of nitrogens with one attached hydrogen (secondary N) is 3. The van der Waals surface area contributed by atoms with Crippen LogP contribution < -0.4 is 16.0 Å². The SMILES string of the molecule is Cc1ccccc1CNC(=O)NCC(=O)Nc1ccc(Br)cc1C. The van der Waals surface area contributed by atoms with Crippen molar-refractivity contribution in [2.24, 2.45) is 0 Å². The molecule has 2 aromatic carbocycles. The smallest absolute Gasteiger partial charge is 0.315 e. The van der Waals surface area contributed by atoms with Gasteiger partial charge in [0, 0.05) is 16.7 Å². The van der Waals surface area contributed by atoms with Crippen molar-refractivity contribution in [1.29, 1.82) is 0 Å². The molecule has 0 fully saturated rings. The number of hydrogen-bond donors (Lipinski definition) is 3. The van der Waals surface area contributed by atoms with Crippen LogP contribution in [-0.2, 0) is 11.3 Å². The Labute approximate surface area is 150 Å². The minimum atomic E-state index is -0.374. The summed E-state index contributed by atoms with van der Waals surface area (Å²) in [5.74, 6) is -0.272. The molecule has 0 aromatic heterocycles. The molecule has 126 valence electrons. The quantitative estimate of drug-likeness (QED) is 0.732. The molecule has 0 unspecified atom stereocenters. The van der Waals surface area contributed by atoms with Crippen LogP contribution in [0.5, 0.6) is 0 Å². The van der Waals surface area contributed by atoms with E-state index in [-0.39, 0.29) is 18.5 Å². The third-order valence-electron chi connectivity index (χ3n) is 3.57. The fourth-order valence-electron chi connectivity index (χ4n) is 2.17. The van der Waals surface area contributed by atoms with E-state index in [1.165, 1.54) is 0 Å². The van der Waals surface area contributed by atoms with Gasteiger partial charge in [0.05, 0.1) is 6.54 Å². The Morgan fingerprint density at radius 2 is 1.75 bits per heavy atom. The summed E-state index contributed by atoms with van der Waals surface area (Å²) in [7, 11) is 0. The summed E-state index contributed by atoms with van der Waals surface area (Å²) in [6.45, 7) is 4.23. The first kappa shape index (κ1) is 18.0. The van der Waals surface area contributed by atoms with E-state index in [0.29, 0.717) is 6.54 Å². The number of rotatable bonds is 5. The Bertz CT molecular complexity index is 747. The van der Waals surface area contributed by atoms with Crippen molar-refractivity contribution < 1.29 is 9.59 Å². The highest BCUT2D eigenvalue weighted by Gasteiger charge is 2.08. The van der Waals surface area contributed by atoms with Crippen molar-refractivity contribution >= 4 is 33.6 Å². The zero-order valence-electron chi connectivity index (χ0n) is 13.7. The lowest BCUT2D eigenvalue weighted by Gasteiger charge is -2.11. The molecule has 0 saturated carbocycles. The molecular formula is C18H20BrN3O2. The van der Waals surface area contributed by atoms with Crippen LogP contribution in [0.15, 0.2) is 46.9 Å². The lowest BCUT2D eigenvalue weighted by molar-refractivity contribution is -0.115. The van der Waals surface area contributed by atoms with E-state index < -0.39 is 0 Å². The molecule has 24 heavy (non-hydrogen) atoms. The zero-order chi connectivity index (χ0) is 17.5. The summed E-state index contributed by atoms with van der Waals surface area (Å²) in [5.41, 5.74) is 3.83. The molecule has 0 saturated heterocycles. The van der Waals surface area contributed by atoms with E-state index in [2.05, 4.69) is 31.9 Å². The molecule has 3 amide bonds. The monoisotopic (exact) mass is 389 g/mol. The number of carbonyl (C=O) groups excluding carboxylic acids is 2. The lowest BCUT2D eigenvalue weighted by Crippen LogP contribution is -2.39. The molecule has 3 N–H and O–H groups in total. The third-order valence-corrected chi connectivity index (χ3v) is 4.07. The molecule has 2 rings (SSSR count). The molecule has 0 radical (unpaired) electrons. The highest BCUT2D eigenvalue weighted by atomic mass is 79.9. The Hall–Kier alpha value is -2.34. The Balaban J connectivity index is 1.77. The summed E-state index contributed by atoms with van der Waals surface area (Å²) >= 11 is 3.38. The van der Waals surface area contributed by atoms with Gasteiger partial charge in [-0.05, 0) is 48.7 Å². The fourth-order valence-corrected chi connectivity index (χ4v) is 2.64. The first-order chi connectivity index (χ1) is 11.5. The van der Waals surface area contributed by atoms with Gasteiger partial charge < -0.3 is 16.0 Å². The van der Waals surface area contributed by atoms with Crippen LogP contribution in [0.25, 0.3) is 0 Å². The first-order valence-electron chi connectivity index (χ1n) is 7.58. The van der Waals surface area contributed by atoms with Crippen molar-refractivity contribution in [3.8, 4) is 0 Å². The van der Waals surface area contributed by atoms with E-state index in [4.69, 9.17) is 0 Å². The predicted octanol–water partition coefficient (Wildman–Crippen LogP) is 3.50. The molecule has 0 spiro atoms. The van der Waals surface area contributed by atoms with E-state index >= 15 is 0 Å². The maximum Gasteiger partial charge on any atom is 0.315 e. The number of halogens is 1. The van der Waals surface area contributed by atoms with Crippen molar-refractivity contribution in [2.75, 3.05) is 11.9 Å². The first-order valence-corrected chi connectivity index (χ1v) is 8.37. The number of aryl methyl sites for hydroxylation is 2. The number of amides is 3. The van der Waals surface area contributed by atoms with Crippen LogP contribution in [0.4, 0.5) is 10.5 Å². The van der Waals surface area contributed by atoms with Crippen LogP contribution in [-0.4, -0.2) is 18.5 Å². The van der Waals surface area contributed by atoms with Crippen molar-refractivity contribution in [3.05, 3.63) is 63.6 Å². The molecular weight excluding hydrogens is 370 g/mol. The number of carbonyl (C=O) groups is 2. The largest absolute Gasteiger partial charge is 0.334 e. The van der Waals surface area contributed by atoms with Crippen LogP contribution in [0.2, 0.25) is 0 Å². The summed E-state index contributed by atoms with van der Waals surface area (Å²) in [6.07, 6.45) is 0. The van der Waals surface area contributed by atoms with Gasteiger partial charge in [0.15, 0.2) is 0 Å². The maximum absolute atomic E-state index is 11.9. The van der Waals surface area contributed by atoms with E-state index in [1.54, 1.807) is 0 Å². The maximum atomic E-state index is 11.9. The second-order valence-corrected chi connectivity index (χ2v) is 6.39. The van der Waals surface area contributed by atoms with Gasteiger partial charge in [-0.15, -0.1) is 0 Å². The van der Waals surface area contributed by atoms with Crippen LogP contribution in [0.1, 0.15) is 16.7 Å². The second-order valence-electron chi connectivity index (χ2n) is 5.47. The minimum Gasteiger partial charge on any atom is -0.334 e. The molecule has 2 aromatic rings. The van der Waals surface area contributed by atoms with Gasteiger partial charge >= 0.3 is 6.03 Å². The summed E-state index contributed by atoms with van der Waals surface area (Å²) in [4.78, 5) is 23.7. The third kappa shape index (κ3) is 5.38. The average Bonchev–Trinajstić information content (AvgIpc) is 2.55. The normalized spacial score (nSPS) is 10.1. The number of urea groups is 1. The lowest BCUT2D eigenvalue weighted by atomic mass is 10.1. The Morgan fingerprint density at radius 1 is 1.00 bits per heavy atom. The van der Waals surface area contributed by atoms with Gasteiger partial charge in [0.2, 0.25) is 5.91 Å². The Morgan fingerprint density at radius 3 is 2.46 bits per heavy atom. The van der Waals surface area contributed by atoms with E-state index in [9.17, 15) is 9.59 Å². The number of benzene rings is 2. The molecule has 0 atom stereocenters. The minimum absolute atomic E-state index is 0.0882. The topological polar surface area (TPSA) is 70.2 Å². The average molecular weight is 390 g/mol. The molecule has 0 heterocycles. The standard InChI is InChI=1S/C18H20BrN3O2/c1-12-5-3-4-6-14(12)10-20-18(24)21-11-17(23)22-16-8-7-15(19)9-13(16)2/h3-9H,10-11H2,1-2H3,(H,22,23)(H2,20,21,24). The predicted molar refractivity (Wildman–Crippen MR) is 98.9 cm³/mol. The van der Waals surface area contributed by atoms with Gasteiger partial charge in [-0.3, -0.25) is 4.79 Å². The van der Waals surface area contributed by atoms with Crippen molar-refractivity contribution in [3.63, 3.8) is 0 Å². The molecule has 0 aliphatic heterocycles. The van der Waals surface area contributed by atoms with Gasteiger partial charge in [-0.1, -0.05) is 40.2 Å². The van der Waals surface area contributed by atoms with Gasteiger partial charge in [0.25, 0.3) is 0 Å². The number of hydrogen-bond acceptors (Lipinski definition) is 2. The molecule has 6 heteroatoms. The highest BCUT2D eigenvalue weighted by Crippen LogP contribution is 2.19. The van der Waals surface area contributed by atoms with E-state index in [0.717, 1.165) is 26.9 Å². The second kappa shape index (κ2) is 8.49. The van der Waals surface area contributed by atoms with Crippen molar-refractivity contribution in [1.82, 2.24) is 10.6 Å². The molecule has 0 aliphatic rings. The fraction of sp³-hybridized carbons (Fsp3) is 0.222. The zero-order valence-corrected chi connectivity index (χ0v) is 15.2. The highest BCUT2D eigenvalue weighted by molar-refractivity contribution is 9.10. The van der Waals surface area contributed by atoms with Crippen LogP contribution in [0.3, 0.4) is 0 Å². The van der Waals surface area contributed by atoms with Gasteiger partial charge in [-0.25, -0.2) is 4.79 Å². The van der Waals surface area contributed by atoms with Gasteiger partial charge in [0.1, 0.15) is 0 Å². The summed E-state index contributed by atoms with van der Waals surface area (Å²) < 4.78 is 0.951. The summed E-state index contributed by atoms with van der Waals surface area (Å²) in [6, 6.07) is 13.0. The van der Waals surface area contributed by atoms with Crippen molar-refractivity contribution in [2.45, 2.75) is 20.4 Å². The Kier molecular flexibility index (Phi) is 6.37. The molecule has 0 bridgehead atoms. The van der Waals surface area contributed by atoms with Crippen LogP contribution in [0, 0.1) is 13.8 Å². The molecule has 0 aliphatic carbocycles.